The molecular formula is C13H10ClFO2. The van der Waals surface area contributed by atoms with Gasteiger partial charge in [-0.15, -0.1) is 0 Å². The topological polar surface area (TPSA) is 29.5 Å². The van der Waals surface area contributed by atoms with E-state index in [1.165, 1.54) is 12.1 Å². The lowest BCUT2D eigenvalue weighted by Crippen LogP contribution is -1.95. The fraction of sp³-hybridized carbons (Fsp3) is 0.0769. The summed E-state index contributed by atoms with van der Waals surface area (Å²) < 4.78 is 18.5. The Morgan fingerprint density at radius 2 is 2.00 bits per heavy atom. The number of rotatable bonds is 3. The highest BCUT2D eigenvalue weighted by molar-refractivity contribution is 6.30. The van der Waals surface area contributed by atoms with Crippen LogP contribution in [-0.4, -0.2) is 5.11 Å². The Bertz CT molecular complexity index is 529. The largest absolute Gasteiger partial charge is 0.505 e. The van der Waals surface area contributed by atoms with Crippen LogP contribution in [0.25, 0.3) is 0 Å². The maximum atomic E-state index is 13.0. The van der Waals surface area contributed by atoms with Crippen LogP contribution in [-0.2, 0) is 6.61 Å². The van der Waals surface area contributed by atoms with Gasteiger partial charge in [-0.1, -0.05) is 23.7 Å². The van der Waals surface area contributed by atoms with Crippen molar-refractivity contribution in [2.45, 2.75) is 6.61 Å². The molecule has 2 aromatic carbocycles. The first kappa shape index (κ1) is 11.7. The minimum absolute atomic E-state index is 0.220. The molecule has 2 aromatic rings. The van der Waals surface area contributed by atoms with Gasteiger partial charge < -0.3 is 9.84 Å². The van der Waals surface area contributed by atoms with E-state index in [4.69, 9.17) is 21.4 Å². The van der Waals surface area contributed by atoms with Crippen molar-refractivity contribution in [2.24, 2.45) is 0 Å². The third kappa shape index (κ3) is 3.11. The van der Waals surface area contributed by atoms with E-state index >= 15 is 0 Å². The van der Waals surface area contributed by atoms with Gasteiger partial charge in [0.05, 0.1) is 0 Å². The van der Waals surface area contributed by atoms with Crippen molar-refractivity contribution in [3.8, 4) is 11.5 Å². The maximum Gasteiger partial charge on any atom is 0.165 e. The first-order valence-electron chi connectivity index (χ1n) is 5.01. The number of hydrogen-bond donors (Lipinski definition) is 1. The average Bonchev–Trinajstić information content (AvgIpc) is 2.31. The number of benzene rings is 2. The van der Waals surface area contributed by atoms with Crippen molar-refractivity contribution in [3.63, 3.8) is 0 Å². The number of halogens is 2. The van der Waals surface area contributed by atoms with Crippen molar-refractivity contribution >= 4 is 11.6 Å². The van der Waals surface area contributed by atoms with E-state index in [1.807, 2.05) is 0 Å². The van der Waals surface area contributed by atoms with Gasteiger partial charge in [0.15, 0.2) is 11.6 Å². The number of phenols is 1. The van der Waals surface area contributed by atoms with E-state index in [0.29, 0.717) is 16.3 Å². The van der Waals surface area contributed by atoms with Crippen LogP contribution in [0.5, 0.6) is 11.5 Å². The van der Waals surface area contributed by atoms with Gasteiger partial charge in [0.1, 0.15) is 12.4 Å². The highest BCUT2D eigenvalue weighted by Gasteiger charge is 2.02. The van der Waals surface area contributed by atoms with Crippen molar-refractivity contribution in [2.75, 3.05) is 0 Å². The molecule has 88 valence electrons. The Hall–Kier alpha value is -1.74. The molecule has 2 nitrogen and oxygen atoms in total. The van der Waals surface area contributed by atoms with E-state index < -0.39 is 5.82 Å². The molecule has 0 aliphatic heterocycles. The second kappa shape index (κ2) is 5.06. The Morgan fingerprint density at radius 1 is 1.18 bits per heavy atom. The molecule has 0 aromatic heterocycles. The van der Waals surface area contributed by atoms with E-state index in [-0.39, 0.29) is 12.4 Å². The molecule has 0 heterocycles. The van der Waals surface area contributed by atoms with Gasteiger partial charge in [0.2, 0.25) is 0 Å². The van der Waals surface area contributed by atoms with E-state index in [9.17, 15) is 4.39 Å². The Balaban J connectivity index is 2.05. The summed E-state index contributed by atoms with van der Waals surface area (Å²) in [7, 11) is 0. The molecule has 0 bridgehead atoms. The summed E-state index contributed by atoms with van der Waals surface area (Å²) in [5.41, 5.74) is 0.639. The van der Waals surface area contributed by atoms with Gasteiger partial charge in [0, 0.05) is 5.02 Å². The van der Waals surface area contributed by atoms with Crippen molar-refractivity contribution in [3.05, 3.63) is 58.9 Å². The van der Waals surface area contributed by atoms with Crippen LogP contribution in [0.15, 0.2) is 42.5 Å². The van der Waals surface area contributed by atoms with Gasteiger partial charge in [0.25, 0.3) is 0 Å². The molecule has 0 saturated heterocycles. The Labute approximate surface area is 103 Å². The zero-order valence-corrected chi connectivity index (χ0v) is 9.62. The molecule has 0 fully saturated rings. The van der Waals surface area contributed by atoms with Crippen LogP contribution < -0.4 is 4.74 Å². The smallest absolute Gasteiger partial charge is 0.165 e. The number of ether oxygens (including phenoxy) is 1. The Kier molecular flexibility index (Phi) is 3.49. The third-order valence-corrected chi connectivity index (χ3v) is 2.45. The van der Waals surface area contributed by atoms with Gasteiger partial charge >= 0.3 is 0 Å². The summed E-state index contributed by atoms with van der Waals surface area (Å²) in [4.78, 5) is 0. The van der Waals surface area contributed by atoms with Crippen molar-refractivity contribution < 1.29 is 14.2 Å². The highest BCUT2D eigenvalue weighted by atomic mass is 35.5. The minimum Gasteiger partial charge on any atom is -0.505 e. The van der Waals surface area contributed by atoms with Gasteiger partial charge in [-0.05, 0) is 35.9 Å². The van der Waals surface area contributed by atoms with E-state index in [2.05, 4.69) is 0 Å². The molecule has 0 unspecified atom stereocenters. The van der Waals surface area contributed by atoms with Crippen LogP contribution in [0.1, 0.15) is 5.56 Å². The van der Waals surface area contributed by atoms with E-state index in [1.54, 1.807) is 30.3 Å². The summed E-state index contributed by atoms with van der Waals surface area (Å²) in [6.45, 7) is 0.220. The van der Waals surface area contributed by atoms with Crippen LogP contribution in [0.3, 0.4) is 0 Å². The maximum absolute atomic E-state index is 13.0. The monoisotopic (exact) mass is 252 g/mol. The molecule has 0 atom stereocenters. The SMILES string of the molecule is Oc1ccc(COc2cccc(Cl)c2)cc1F. The summed E-state index contributed by atoms with van der Waals surface area (Å²) in [6, 6.07) is 11.1. The zero-order chi connectivity index (χ0) is 12.3. The molecule has 0 aliphatic rings. The molecule has 0 radical (unpaired) electrons. The highest BCUT2D eigenvalue weighted by Crippen LogP contribution is 2.20. The molecule has 0 spiro atoms. The fourth-order valence-corrected chi connectivity index (χ4v) is 1.54. The summed E-state index contributed by atoms with van der Waals surface area (Å²) in [6.07, 6.45) is 0. The predicted octanol–water partition coefficient (Wildman–Crippen LogP) is 3.76. The molecule has 0 amide bonds. The molecule has 17 heavy (non-hydrogen) atoms. The molecule has 4 heteroatoms. The third-order valence-electron chi connectivity index (χ3n) is 2.21. The van der Waals surface area contributed by atoms with Gasteiger partial charge in [-0.2, -0.15) is 0 Å². The lowest BCUT2D eigenvalue weighted by molar-refractivity contribution is 0.305. The molecule has 0 saturated carbocycles. The summed E-state index contributed by atoms with van der Waals surface area (Å²) in [5, 5.41) is 9.61. The second-order valence-electron chi connectivity index (χ2n) is 3.53. The quantitative estimate of drug-likeness (QED) is 0.901. The standard InChI is InChI=1S/C13H10ClFO2/c14-10-2-1-3-11(7-10)17-8-9-4-5-13(16)12(15)6-9/h1-7,16H,8H2. The lowest BCUT2D eigenvalue weighted by atomic mass is 10.2. The average molecular weight is 253 g/mol. The number of phenolic OH excluding ortho intramolecular Hbond substituents is 1. The van der Waals surface area contributed by atoms with Crippen molar-refractivity contribution in [1.82, 2.24) is 0 Å². The number of hydrogen-bond acceptors (Lipinski definition) is 2. The van der Waals surface area contributed by atoms with Crippen LogP contribution in [0.4, 0.5) is 4.39 Å². The Morgan fingerprint density at radius 3 is 2.71 bits per heavy atom. The normalized spacial score (nSPS) is 10.2. The molecule has 2 rings (SSSR count). The van der Waals surface area contributed by atoms with Crippen LogP contribution in [0.2, 0.25) is 5.02 Å². The van der Waals surface area contributed by atoms with Crippen LogP contribution >= 0.6 is 11.6 Å². The first-order valence-corrected chi connectivity index (χ1v) is 5.39. The fourth-order valence-electron chi connectivity index (χ4n) is 1.36. The minimum atomic E-state index is -0.655. The van der Waals surface area contributed by atoms with Gasteiger partial charge in [-0.25, -0.2) is 4.39 Å². The second-order valence-corrected chi connectivity index (χ2v) is 3.97. The van der Waals surface area contributed by atoms with E-state index in [0.717, 1.165) is 0 Å². The van der Waals surface area contributed by atoms with Crippen molar-refractivity contribution in [1.29, 1.82) is 0 Å². The molecule has 1 N–H and O–H groups in total. The van der Waals surface area contributed by atoms with Crippen LogP contribution in [0, 0.1) is 5.82 Å². The summed E-state index contributed by atoms with van der Waals surface area (Å²) in [5.74, 6) is -0.403. The molecule has 0 aliphatic carbocycles. The predicted molar refractivity (Wildman–Crippen MR) is 63.8 cm³/mol. The zero-order valence-electron chi connectivity index (χ0n) is 8.86. The lowest BCUT2D eigenvalue weighted by Gasteiger charge is -2.07. The van der Waals surface area contributed by atoms with Gasteiger partial charge in [-0.3, -0.25) is 0 Å². The molecular weight excluding hydrogens is 243 g/mol. The summed E-state index contributed by atoms with van der Waals surface area (Å²) >= 11 is 5.80. The first-order chi connectivity index (χ1) is 8.15. The number of aromatic hydroxyl groups is 1.